The molecule has 0 radical (unpaired) electrons. The van der Waals surface area contributed by atoms with E-state index in [9.17, 15) is 0 Å². The quantitative estimate of drug-likeness (QED) is 0.526. The highest BCUT2D eigenvalue weighted by Crippen LogP contribution is 1.86. The number of nitrogens with zero attached hydrogens (tertiary/aromatic N) is 1. The summed E-state index contributed by atoms with van der Waals surface area (Å²) in [5.74, 6) is 0. The minimum Gasteiger partial charge on any atom is -0.330 e. The molecule has 0 aromatic heterocycles. The summed E-state index contributed by atoms with van der Waals surface area (Å²) in [7, 11) is 4.02. The van der Waals surface area contributed by atoms with Gasteiger partial charge in [-0.2, -0.15) is 0 Å². The Kier molecular flexibility index (Phi) is 4.67. The third kappa shape index (κ3) is 5.76. The van der Waals surface area contributed by atoms with Crippen LogP contribution in [-0.2, 0) is 0 Å². The van der Waals surface area contributed by atoms with Crippen LogP contribution in [0.4, 0.5) is 0 Å². The van der Waals surface area contributed by atoms with Crippen molar-refractivity contribution in [3.63, 3.8) is 0 Å². The molecule has 3 heteroatoms. The third-order valence-corrected chi connectivity index (χ3v) is 1.14. The summed E-state index contributed by atoms with van der Waals surface area (Å²) in [5, 5.41) is 0. The predicted octanol–water partition coefficient (Wildman–Crippen LogP) is -0.776. The van der Waals surface area contributed by atoms with Crippen molar-refractivity contribution < 1.29 is 0 Å². The molecule has 0 amide bonds. The van der Waals surface area contributed by atoms with Crippen molar-refractivity contribution in [2.75, 3.05) is 27.2 Å². The fraction of sp³-hybridized carbons (Fsp3) is 1.00. The average Bonchev–Trinajstić information content (AvgIpc) is 1.63. The lowest BCUT2D eigenvalue weighted by atomic mass is 10.2. The first kappa shape index (κ1) is 8.88. The highest BCUT2D eigenvalue weighted by atomic mass is 15.1. The Labute approximate surface area is 57.0 Å². The molecular formula is C6H17N3. The fourth-order valence-corrected chi connectivity index (χ4v) is 0.774. The highest BCUT2D eigenvalue weighted by Gasteiger charge is 2.00. The molecule has 0 heterocycles. The summed E-state index contributed by atoms with van der Waals surface area (Å²) in [6, 6.07) is 0.241. The molecule has 0 rings (SSSR count). The molecule has 0 spiro atoms. The van der Waals surface area contributed by atoms with Gasteiger partial charge in [0.05, 0.1) is 0 Å². The van der Waals surface area contributed by atoms with E-state index in [0.717, 1.165) is 13.0 Å². The maximum Gasteiger partial charge on any atom is 0.0179 e. The molecule has 0 aromatic rings. The van der Waals surface area contributed by atoms with Gasteiger partial charge >= 0.3 is 0 Å². The standard InChI is InChI=1S/C6H17N3/c1-9(2)5-6(8)3-4-7/h6H,3-5,7-8H2,1-2H3. The fourth-order valence-electron chi connectivity index (χ4n) is 0.774. The van der Waals surface area contributed by atoms with E-state index in [1.165, 1.54) is 0 Å². The van der Waals surface area contributed by atoms with Gasteiger partial charge in [0.2, 0.25) is 0 Å². The monoisotopic (exact) mass is 131 g/mol. The molecule has 4 N–H and O–H groups in total. The van der Waals surface area contributed by atoms with Crippen molar-refractivity contribution in [1.29, 1.82) is 0 Å². The van der Waals surface area contributed by atoms with Crippen LogP contribution in [-0.4, -0.2) is 38.1 Å². The molecule has 0 aliphatic carbocycles. The van der Waals surface area contributed by atoms with Gasteiger partial charge in [0.25, 0.3) is 0 Å². The predicted molar refractivity (Wildman–Crippen MR) is 40.2 cm³/mol. The Balaban J connectivity index is 3.15. The molecular weight excluding hydrogens is 114 g/mol. The summed E-state index contributed by atoms with van der Waals surface area (Å²) >= 11 is 0. The molecule has 0 saturated carbocycles. The largest absolute Gasteiger partial charge is 0.330 e. The average molecular weight is 131 g/mol. The lowest BCUT2D eigenvalue weighted by Crippen LogP contribution is -2.34. The van der Waals surface area contributed by atoms with Crippen LogP contribution in [0.3, 0.4) is 0 Å². The number of rotatable bonds is 4. The topological polar surface area (TPSA) is 55.3 Å². The van der Waals surface area contributed by atoms with E-state index in [1.807, 2.05) is 14.1 Å². The summed E-state index contributed by atoms with van der Waals surface area (Å²) in [6.45, 7) is 1.62. The van der Waals surface area contributed by atoms with Crippen LogP contribution in [0, 0.1) is 0 Å². The van der Waals surface area contributed by atoms with Crippen LogP contribution in [0.15, 0.2) is 0 Å². The zero-order valence-corrected chi connectivity index (χ0v) is 6.30. The van der Waals surface area contributed by atoms with Crippen molar-refractivity contribution in [3.05, 3.63) is 0 Å². The normalized spacial score (nSPS) is 14.3. The van der Waals surface area contributed by atoms with Crippen LogP contribution in [0.1, 0.15) is 6.42 Å². The second-order valence-electron chi connectivity index (χ2n) is 2.60. The number of nitrogens with two attached hydrogens (primary N) is 2. The first-order chi connectivity index (χ1) is 4.16. The molecule has 9 heavy (non-hydrogen) atoms. The maximum atomic E-state index is 5.66. The van der Waals surface area contributed by atoms with E-state index < -0.39 is 0 Å². The van der Waals surface area contributed by atoms with Crippen molar-refractivity contribution in [1.82, 2.24) is 4.90 Å². The van der Waals surface area contributed by atoms with Gasteiger partial charge in [-0.15, -0.1) is 0 Å². The van der Waals surface area contributed by atoms with E-state index >= 15 is 0 Å². The summed E-state index contributed by atoms with van der Waals surface area (Å²) in [6.07, 6.45) is 0.915. The number of hydrogen-bond donors (Lipinski definition) is 2. The van der Waals surface area contributed by atoms with Gasteiger partial charge in [0.15, 0.2) is 0 Å². The molecule has 0 aliphatic heterocycles. The van der Waals surface area contributed by atoms with E-state index in [2.05, 4.69) is 4.90 Å². The van der Waals surface area contributed by atoms with Crippen LogP contribution in [0.25, 0.3) is 0 Å². The van der Waals surface area contributed by atoms with Crippen LogP contribution >= 0.6 is 0 Å². The Bertz CT molecular complexity index is 63.3. The first-order valence-electron chi connectivity index (χ1n) is 3.27. The van der Waals surface area contributed by atoms with Crippen molar-refractivity contribution in [3.8, 4) is 0 Å². The minimum absolute atomic E-state index is 0.241. The summed E-state index contributed by atoms with van der Waals surface area (Å²) < 4.78 is 0. The number of likely N-dealkylation sites (N-methyl/N-ethyl adjacent to an activating group) is 1. The van der Waals surface area contributed by atoms with Gasteiger partial charge in [-0.05, 0) is 27.1 Å². The zero-order chi connectivity index (χ0) is 7.28. The van der Waals surface area contributed by atoms with Crippen molar-refractivity contribution >= 4 is 0 Å². The molecule has 0 aliphatic rings. The highest BCUT2D eigenvalue weighted by molar-refractivity contribution is 4.63. The Morgan fingerprint density at radius 2 is 2.00 bits per heavy atom. The molecule has 3 nitrogen and oxygen atoms in total. The van der Waals surface area contributed by atoms with E-state index in [1.54, 1.807) is 0 Å². The van der Waals surface area contributed by atoms with Crippen molar-refractivity contribution in [2.45, 2.75) is 12.5 Å². The molecule has 56 valence electrons. The third-order valence-electron chi connectivity index (χ3n) is 1.14. The van der Waals surface area contributed by atoms with Gasteiger partial charge in [-0.1, -0.05) is 0 Å². The SMILES string of the molecule is CN(C)CC(N)CCN. The summed E-state index contributed by atoms with van der Waals surface area (Å²) in [5.41, 5.74) is 11.0. The first-order valence-corrected chi connectivity index (χ1v) is 3.27. The van der Waals surface area contributed by atoms with Gasteiger partial charge in [-0.25, -0.2) is 0 Å². The minimum atomic E-state index is 0.241. The zero-order valence-electron chi connectivity index (χ0n) is 6.30. The molecule has 0 fully saturated rings. The van der Waals surface area contributed by atoms with E-state index in [0.29, 0.717) is 6.54 Å². The second-order valence-corrected chi connectivity index (χ2v) is 2.60. The number of hydrogen-bond acceptors (Lipinski definition) is 3. The second kappa shape index (κ2) is 4.73. The maximum absolute atomic E-state index is 5.66. The molecule has 0 saturated heterocycles. The van der Waals surface area contributed by atoms with Gasteiger partial charge in [0.1, 0.15) is 0 Å². The van der Waals surface area contributed by atoms with Crippen molar-refractivity contribution in [2.24, 2.45) is 11.5 Å². The Hall–Kier alpha value is -0.120. The van der Waals surface area contributed by atoms with E-state index in [-0.39, 0.29) is 6.04 Å². The van der Waals surface area contributed by atoms with Gasteiger partial charge < -0.3 is 16.4 Å². The molecule has 0 bridgehead atoms. The lowest BCUT2D eigenvalue weighted by molar-refractivity contribution is 0.365. The lowest BCUT2D eigenvalue weighted by Gasteiger charge is -2.15. The smallest absolute Gasteiger partial charge is 0.0179 e. The van der Waals surface area contributed by atoms with Gasteiger partial charge in [-0.3, -0.25) is 0 Å². The Morgan fingerprint density at radius 3 is 2.33 bits per heavy atom. The molecule has 0 aromatic carbocycles. The molecule has 1 unspecified atom stereocenters. The Morgan fingerprint density at radius 1 is 1.44 bits per heavy atom. The van der Waals surface area contributed by atoms with Crippen LogP contribution in [0.2, 0.25) is 0 Å². The summed E-state index contributed by atoms with van der Waals surface area (Å²) in [4.78, 5) is 2.07. The molecule has 1 atom stereocenters. The van der Waals surface area contributed by atoms with Gasteiger partial charge in [0, 0.05) is 12.6 Å². The van der Waals surface area contributed by atoms with Crippen LogP contribution in [0.5, 0.6) is 0 Å². The van der Waals surface area contributed by atoms with Crippen LogP contribution < -0.4 is 11.5 Å². The van der Waals surface area contributed by atoms with E-state index in [4.69, 9.17) is 11.5 Å².